The van der Waals surface area contributed by atoms with Crippen LogP contribution in [0.3, 0.4) is 0 Å². The first kappa shape index (κ1) is 13.4. The van der Waals surface area contributed by atoms with Crippen LogP contribution in [0.2, 0.25) is 0 Å². The molecule has 0 bridgehead atoms. The molecule has 0 spiro atoms. The van der Waals surface area contributed by atoms with Gasteiger partial charge in [0.1, 0.15) is 11.6 Å². The minimum absolute atomic E-state index is 0.00640. The number of aliphatic hydroxyl groups is 1. The molecule has 1 amide bonds. The maximum Gasteiger partial charge on any atom is 0.326 e. The highest BCUT2D eigenvalue weighted by molar-refractivity contribution is 6.05. The van der Waals surface area contributed by atoms with E-state index >= 15 is 0 Å². The highest BCUT2D eigenvalue weighted by Gasteiger charge is 2.39. The Morgan fingerprint density at radius 3 is 2.76 bits per heavy atom. The van der Waals surface area contributed by atoms with Crippen LogP contribution in [0.15, 0.2) is 30.6 Å². The van der Waals surface area contributed by atoms with Gasteiger partial charge in [0.05, 0.1) is 17.2 Å². The lowest BCUT2D eigenvalue weighted by Crippen LogP contribution is -2.40. The zero-order chi connectivity index (χ0) is 15.0. The molecule has 7 heteroatoms. The molecule has 1 fully saturated rings. The van der Waals surface area contributed by atoms with Gasteiger partial charge in [-0.15, -0.1) is 0 Å². The van der Waals surface area contributed by atoms with E-state index in [1.54, 1.807) is 18.2 Å². The van der Waals surface area contributed by atoms with Crippen LogP contribution in [-0.2, 0) is 4.79 Å². The van der Waals surface area contributed by atoms with Crippen LogP contribution in [0.5, 0.6) is 0 Å². The Morgan fingerprint density at radius 2 is 2.00 bits per heavy atom. The normalized spacial score (nSPS) is 21.7. The summed E-state index contributed by atoms with van der Waals surface area (Å²) in [5.74, 6) is -1.57. The summed E-state index contributed by atoms with van der Waals surface area (Å²) in [6.07, 6.45) is 2.22. The summed E-state index contributed by atoms with van der Waals surface area (Å²) in [4.78, 5) is 33.3. The molecule has 0 aliphatic carbocycles. The molecule has 21 heavy (non-hydrogen) atoms. The fraction of sp³-hybridized carbons (Fsp3) is 0.286. The number of carboxylic acids is 1. The van der Waals surface area contributed by atoms with Gasteiger partial charge < -0.3 is 15.1 Å². The quantitative estimate of drug-likeness (QED) is 0.822. The molecular weight excluding hydrogens is 274 g/mol. The van der Waals surface area contributed by atoms with Gasteiger partial charge in [-0.05, 0) is 12.1 Å². The number of likely N-dealkylation sites (tertiary alicyclic amines) is 1. The van der Waals surface area contributed by atoms with Crippen LogP contribution >= 0.6 is 0 Å². The highest BCUT2D eigenvalue weighted by atomic mass is 16.4. The predicted molar refractivity (Wildman–Crippen MR) is 72.6 cm³/mol. The summed E-state index contributed by atoms with van der Waals surface area (Å²) in [7, 11) is 0. The maximum atomic E-state index is 12.6. The Kier molecular flexibility index (Phi) is 3.26. The van der Waals surface area contributed by atoms with Crippen LogP contribution in [0, 0.1) is 0 Å². The van der Waals surface area contributed by atoms with Crippen LogP contribution < -0.4 is 0 Å². The van der Waals surface area contributed by atoms with Gasteiger partial charge in [-0.3, -0.25) is 14.8 Å². The summed E-state index contributed by atoms with van der Waals surface area (Å²) in [5.41, 5.74) is 1.28. The van der Waals surface area contributed by atoms with E-state index in [9.17, 15) is 19.8 Å². The Bertz CT molecular complexity index is 713. The number of carbonyl (C=O) groups is 2. The number of para-hydroxylation sites is 1. The Hall–Kier alpha value is -2.54. The number of aromatic nitrogens is 2. The van der Waals surface area contributed by atoms with E-state index in [2.05, 4.69) is 9.97 Å². The van der Waals surface area contributed by atoms with Gasteiger partial charge >= 0.3 is 5.97 Å². The van der Waals surface area contributed by atoms with E-state index in [-0.39, 0.29) is 13.0 Å². The number of benzene rings is 1. The molecule has 1 aliphatic heterocycles. The standard InChI is InChI=1S/C14H13N3O4/c18-8-6-11(14(20)21)17(7-8)13(19)9-2-1-3-10-12(9)16-5-4-15-10/h1-5,8,11,18H,6-7H2,(H,20,21). The van der Waals surface area contributed by atoms with E-state index in [1.165, 1.54) is 17.3 Å². The SMILES string of the molecule is O=C(O)C1CC(O)CN1C(=O)c1cccc2nccnc12. The van der Waals surface area contributed by atoms with Crippen molar-refractivity contribution in [1.82, 2.24) is 14.9 Å². The Labute approximate surface area is 119 Å². The second-order valence-electron chi connectivity index (χ2n) is 4.93. The molecule has 108 valence electrons. The lowest BCUT2D eigenvalue weighted by Gasteiger charge is -2.21. The van der Waals surface area contributed by atoms with E-state index in [4.69, 9.17) is 0 Å². The van der Waals surface area contributed by atoms with E-state index in [0.29, 0.717) is 16.6 Å². The van der Waals surface area contributed by atoms with Crippen molar-refractivity contribution >= 4 is 22.9 Å². The third-order valence-corrected chi connectivity index (χ3v) is 3.55. The summed E-state index contributed by atoms with van der Waals surface area (Å²) in [6, 6.07) is 3.97. The maximum absolute atomic E-state index is 12.6. The van der Waals surface area contributed by atoms with Gasteiger partial charge in [0.2, 0.25) is 0 Å². The number of hydrogen-bond acceptors (Lipinski definition) is 5. The lowest BCUT2D eigenvalue weighted by molar-refractivity contribution is -0.141. The molecule has 2 heterocycles. The summed E-state index contributed by atoms with van der Waals surface area (Å²) in [6.45, 7) is 0.00640. The zero-order valence-corrected chi connectivity index (χ0v) is 11.0. The second kappa shape index (κ2) is 5.10. The molecule has 2 N–H and O–H groups in total. The van der Waals surface area contributed by atoms with Gasteiger partial charge in [-0.25, -0.2) is 4.79 Å². The van der Waals surface area contributed by atoms with Crippen molar-refractivity contribution < 1.29 is 19.8 Å². The predicted octanol–water partition coefficient (Wildman–Crippen LogP) is 0.290. The largest absolute Gasteiger partial charge is 0.480 e. The lowest BCUT2D eigenvalue weighted by atomic mass is 10.1. The molecule has 2 unspecified atom stereocenters. The van der Waals surface area contributed by atoms with E-state index in [1.807, 2.05) is 0 Å². The molecule has 2 atom stereocenters. The van der Waals surface area contributed by atoms with Crippen molar-refractivity contribution in [3.8, 4) is 0 Å². The van der Waals surface area contributed by atoms with Crippen molar-refractivity contribution in [2.45, 2.75) is 18.6 Å². The fourth-order valence-corrected chi connectivity index (χ4v) is 2.59. The number of amides is 1. The number of rotatable bonds is 2. The second-order valence-corrected chi connectivity index (χ2v) is 4.93. The van der Waals surface area contributed by atoms with Crippen molar-refractivity contribution in [3.63, 3.8) is 0 Å². The Balaban J connectivity index is 2.02. The first-order valence-corrected chi connectivity index (χ1v) is 6.49. The van der Waals surface area contributed by atoms with Crippen molar-refractivity contribution in [2.75, 3.05) is 6.54 Å². The molecule has 0 saturated carbocycles. The summed E-state index contributed by atoms with van der Waals surface area (Å²) in [5, 5.41) is 18.8. The van der Waals surface area contributed by atoms with Crippen LogP contribution in [0.4, 0.5) is 0 Å². The third kappa shape index (κ3) is 2.31. The zero-order valence-electron chi connectivity index (χ0n) is 11.0. The molecule has 2 aromatic rings. The fourth-order valence-electron chi connectivity index (χ4n) is 2.59. The average molecular weight is 287 g/mol. The van der Waals surface area contributed by atoms with Crippen LogP contribution in [-0.4, -0.2) is 55.6 Å². The van der Waals surface area contributed by atoms with Crippen molar-refractivity contribution in [2.24, 2.45) is 0 Å². The number of nitrogens with zero attached hydrogens (tertiary/aromatic N) is 3. The average Bonchev–Trinajstić information content (AvgIpc) is 2.88. The van der Waals surface area contributed by atoms with Gasteiger partial charge in [-0.1, -0.05) is 6.07 Å². The molecule has 0 radical (unpaired) electrons. The van der Waals surface area contributed by atoms with E-state index < -0.39 is 24.0 Å². The molecule has 7 nitrogen and oxygen atoms in total. The number of hydrogen-bond donors (Lipinski definition) is 2. The van der Waals surface area contributed by atoms with Crippen molar-refractivity contribution in [1.29, 1.82) is 0 Å². The third-order valence-electron chi connectivity index (χ3n) is 3.55. The summed E-state index contributed by atoms with van der Waals surface area (Å²) < 4.78 is 0. The summed E-state index contributed by atoms with van der Waals surface area (Å²) >= 11 is 0. The van der Waals surface area contributed by atoms with Crippen molar-refractivity contribution in [3.05, 3.63) is 36.2 Å². The number of carbonyl (C=O) groups excluding carboxylic acids is 1. The number of carboxylic acid groups (broad SMARTS) is 1. The van der Waals surface area contributed by atoms with Gasteiger partial charge in [-0.2, -0.15) is 0 Å². The molecule has 1 aliphatic rings. The van der Waals surface area contributed by atoms with Gasteiger partial charge in [0.25, 0.3) is 5.91 Å². The number of fused-ring (bicyclic) bond motifs is 1. The van der Waals surface area contributed by atoms with Gasteiger partial charge in [0.15, 0.2) is 0 Å². The monoisotopic (exact) mass is 287 g/mol. The minimum atomic E-state index is -1.12. The topological polar surface area (TPSA) is 104 Å². The van der Waals surface area contributed by atoms with Gasteiger partial charge in [0, 0.05) is 25.4 Å². The van der Waals surface area contributed by atoms with Crippen LogP contribution in [0.1, 0.15) is 16.8 Å². The van der Waals surface area contributed by atoms with Crippen LogP contribution in [0.25, 0.3) is 11.0 Å². The molecule has 1 aromatic carbocycles. The number of β-amino-alcohol motifs (C(OH)–C–C–N with tert-alkyl or cyclic N) is 1. The first-order valence-electron chi connectivity index (χ1n) is 6.49. The smallest absolute Gasteiger partial charge is 0.326 e. The highest BCUT2D eigenvalue weighted by Crippen LogP contribution is 2.23. The number of aliphatic carboxylic acids is 1. The molecular formula is C14H13N3O4. The number of aliphatic hydroxyl groups excluding tert-OH is 1. The first-order chi connectivity index (χ1) is 10.1. The molecule has 1 aromatic heterocycles. The van der Waals surface area contributed by atoms with E-state index in [0.717, 1.165) is 0 Å². The molecule has 3 rings (SSSR count). The minimum Gasteiger partial charge on any atom is -0.480 e. The Morgan fingerprint density at radius 1 is 1.24 bits per heavy atom. The molecule has 1 saturated heterocycles.